The van der Waals surface area contributed by atoms with Crippen LogP contribution in [0.4, 0.5) is 0 Å². The lowest BCUT2D eigenvalue weighted by Crippen LogP contribution is -2.31. The first kappa shape index (κ1) is 13.7. The summed E-state index contributed by atoms with van der Waals surface area (Å²) < 4.78 is 3.91. The van der Waals surface area contributed by atoms with Crippen molar-refractivity contribution in [2.24, 2.45) is 0 Å². The molecule has 1 amide bonds. The summed E-state index contributed by atoms with van der Waals surface area (Å²) >= 11 is 1.14. The van der Waals surface area contributed by atoms with Gasteiger partial charge in [0, 0.05) is 11.6 Å². The SMILES string of the molecule is CC[C@@H](C)NC(=O)c1snnc1-c1ccc(C)cc1. The van der Waals surface area contributed by atoms with E-state index in [2.05, 4.69) is 14.9 Å². The molecule has 0 aliphatic heterocycles. The number of nitrogens with one attached hydrogen (secondary N) is 1. The van der Waals surface area contributed by atoms with Crippen molar-refractivity contribution < 1.29 is 4.79 Å². The fourth-order valence-corrected chi connectivity index (χ4v) is 2.22. The average molecular weight is 275 g/mol. The maximum Gasteiger partial charge on any atom is 0.265 e. The number of hydrogen-bond donors (Lipinski definition) is 1. The number of rotatable bonds is 4. The molecule has 0 bridgehead atoms. The van der Waals surface area contributed by atoms with Crippen molar-refractivity contribution >= 4 is 17.4 Å². The van der Waals surface area contributed by atoms with Crippen LogP contribution in [0.25, 0.3) is 11.3 Å². The summed E-state index contributed by atoms with van der Waals surface area (Å²) in [5, 5.41) is 7.02. The van der Waals surface area contributed by atoms with Crippen LogP contribution in [0.3, 0.4) is 0 Å². The van der Waals surface area contributed by atoms with Gasteiger partial charge in [0.1, 0.15) is 10.6 Å². The molecule has 1 aromatic carbocycles. The Kier molecular flexibility index (Phi) is 4.27. The van der Waals surface area contributed by atoms with Gasteiger partial charge < -0.3 is 5.32 Å². The summed E-state index contributed by atoms with van der Waals surface area (Å²) in [4.78, 5) is 12.7. The number of carbonyl (C=O) groups is 1. The van der Waals surface area contributed by atoms with E-state index >= 15 is 0 Å². The smallest absolute Gasteiger partial charge is 0.265 e. The summed E-state index contributed by atoms with van der Waals surface area (Å²) in [6.07, 6.45) is 0.901. The molecule has 1 aromatic heterocycles. The molecule has 0 saturated carbocycles. The second-order valence-corrected chi connectivity index (χ2v) is 5.35. The van der Waals surface area contributed by atoms with E-state index in [-0.39, 0.29) is 11.9 Å². The molecule has 2 rings (SSSR count). The zero-order valence-electron chi connectivity index (χ0n) is 11.3. The molecule has 0 unspecified atom stereocenters. The van der Waals surface area contributed by atoms with E-state index in [1.807, 2.05) is 45.0 Å². The largest absolute Gasteiger partial charge is 0.349 e. The number of nitrogens with zero attached hydrogens (tertiary/aromatic N) is 2. The van der Waals surface area contributed by atoms with Crippen LogP contribution in [0.1, 0.15) is 35.5 Å². The number of amides is 1. The molecule has 0 aliphatic rings. The summed E-state index contributed by atoms with van der Waals surface area (Å²) in [5.74, 6) is -0.0973. The van der Waals surface area contributed by atoms with Crippen LogP contribution in [0.5, 0.6) is 0 Å². The third kappa shape index (κ3) is 3.17. The van der Waals surface area contributed by atoms with E-state index < -0.39 is 0 Å². The first-order valence-corrected chi connectivity index (χ1v) is 7.09. The lowest BCUT2D eigenvalue weighted by Gasteiger charge is -2.10. The summed E-state index contributed by atoms with van der Waals surface area (Å²) in [6, 6.07) is 8.09. The van der Waals surface area contributed by atoms with E-state index in [1.54, 1.807) is 0 Å². The first-order valence-electron chi connectivity index (χ1n) is 6.32. The Labute approximate surface area is 117 Å². The summed E-state index contributed by atoms with van der Waals surface area (Å²) in [7, 11) is 0. The van der Waals surface area contributed by atoms with E-state index in [9.17, 15) is 4.79 Å². The van der Waals surface area contributed by atoms with E-state index in [0.717, 1.165) is 23.5 Å². The zero-order valence-corrected chi connectivity index (χ0v) is 12.1. The monoisotopic (exact) mass is 275 g/mol. The molecule has 0 aliphatic carbocycles. The Balaban J connectivity index is 2.27. The summed E-state index contributed by atoms with van der Waals surface area (Å²) in [6.45, 7) is 6.05. The van der Waals surface area contributed by atoms with Crippen LogP contribution in [0, 0.1) is 6.92 Å². The molecule has 2 aromatic rings. The predicted molar refractivity (Wildman–Crippen MR) is 77.3 cm³/mol. The Morgan fingerprint density at radius 3 is 2.68 bits per heavy atom. The van der Waals surface area contributed by atoms with Crippen molar-refractivity contribution in [3.8, 4) is 11.3 Å². The fraction of sp³-hybridized carbons (Fsp3) is 0.357. The van der Waals surface area contributed by atoms with Gasteiger partial charge in [-0.3, -0.25) is 4.79 Å². The van der Waals surface area contributed by atoms with E-state index in [4.69, 9.17) is 0 Å². The minimum Gasteiger partial charge on any atom is -0.349 e. The van der Waals surface area contributed by atoms with Gasteiger partial charge in [-0.2, -0.15) is 0 Å². The number of hydrogen-bond acceptors (Lipinski definition) is 4. The second-order valence-electron chi connectivity index (χ2n) is 4.60. The number of aromatic nitrogens is 2. The lowest BCUT2D eigenvalue weighted by molar-refractivity contribution is 0.0944. The van der Waals surface area contributed by atoms with Crippen LogP contribution in [0.15, 0.2) is 24.3 Å². The summed E-state index contributed by atoms with van der Waals surface area (Å²) in [5.41, 5.74) is 2.76. The highest BCUT2D eigenvalue weighted by molar-refractivity contribution is 7.08. The highest BCUT2D eigenvalue weighted by Crippen LogP contribution is 2.24. The van der Waals surface area contributed by atoms with Crippen molar-refractivity contribution in [2.75, 3.05) is 0 Å². The molecule has 0 spiro atoms. The normalized spacial score (nSPS) is 12.2. The molecule has 4 nitrogen and oxygen atoms in total. The van der Waals surface area contributed by atoms with Crippen molar-refractivity contribution in [1.82, 2.24) is 14.9 Å². The highest BCUT2D eigenvalue weighted by Gasteiger charge is 2.18. The van der Waals surface area contributed by atoms with Crippen LogP contribution < -0.4 is 5.32 Å². The molecule has 1 heterocycles. The van der Waals surface area contributed by atoms with Gasteiger partial charge in [0.2, 0.25) is 0 Å². The Hall–Kier alpha value is -1.75. The molecular formula is C14H17N3OS. The van der Waals surface area contributed by atoms with Gasteiger partial charge in [-0.15, -0.1) is 5.10 Å². The topological polar surface area (TPSA) is 54.9 Å². The second kappa shape index (κ2) is 5.93. The van der Waals surface area contributed by atoms with Crippen molar-refractivity contribution in [1.29, 1.82) is 0 Å². The molecule has 1 N–H and O–H groups in total. The molecule has 100 valence electrons. The molecule has 19 heavy (non-hydrogen) atoms. The van der Waals surface area contributed by atoms with Gasteiger partial charge in [0.05, 0.1) is 0 Å². The van der Waals surface area contributed by atoms with Gasteiger partial charge >= 0.3 is 0 Å². The number of carbonyl (C=O) groups excluding carboxylic acids is 1. The molecule has 0 saturated heterocycles. The Bertz CT molecular complexity index is 562. The molecule has 1 atom stereocenters. The van der Waals surface area contributed by atoms with Crippen molar-refractivity contribution in [2.45, 2.75) is 33.2 Å². The Morgan fingerprint density at radius 2 is 2.05 bits per heavy atom. The van der Waals surface area contributed by atoms with Crippen LogP contribution in [0.2, 0.25) is 0 Å². The van der Waals surface area contributed by atoms with E-state index in [0.29, 0.717) is 10.6 Å². The average Bonchev–Trinajstić information content (AvgIpc) is 2.88. The highest BCUT2D eigenvalue weighted by atomic mass is 32.1. The molecule has 5 heteroatoms. The quantitative estimate of drug-likeness (QED) is 0.933. The van der Waals surface area contributed by atoms with Crippen LogP contribution in [-0.4, -0.2) is 21.5 Å². The third-order valence-corrected chi connectivity index (χ3v) is 3.73. The number of benzene rings is 1. The lowest BCUT2D eigenvalue weighted by atomic mass is 10.1. The van der Waals surface area contributed by atoms with Gasteiger partial charge in [0.15, 0.2) is 0 Å². The maximum atomic E-state index is 12.2. The van der Waals surface area contributed by atoms with Gasteiger partial charge in [-0.05, 0) is 31.8 Å². The van der Waals surface area contributed by atoms with Crippen molar-refractivity contribution in [3.05, 3.63) is 34.7 Å². The molecule has 0 fully saturated rings. The molecule has 0 radical (unpaired) electrons. The van der Waals surface area contributed by atoms with Gasteiger partial charge in [0.25, 0.3) is 5.91 Å². The fourth-order valence-electron chi connectivity index (χ4n) is 1.63. The van der Waals surface area contributed by atoms with Crippen LogP contribution >= 0.6 is 11.5 Å². The third-order valence-electron chi connectivity index (χ3n) is 3.01. The molecular weight excluding hydrogens is 258 g/mol. The Morgan fingerprint density at radius 1 is 1.37 bits per heavy atom. The predicted octanol–water partition coefficient (Wildman–Crippen LogP) is 3.04. The minimum absolute atomic E-state index is 0.0973. The first-order chi connectivity index (χ1) is 9.11. The zero-order chi connectivity index (χ0) is 13.8. The maximum absolute atomic E-state index is 12.2. The van der Waals surface area contributed by atoms with Gasteiger partial charge in [-0.1, -0.05) is 41.2 Å². The van der Waals surface area contributed by atoms with Gasteiger partial charge in [-0.25, -0.2) is 0 Å². The minimum atomic E-state index is -0.0973. The van der Waals surface area contributed by atoms with Crippen LogP contribution in [-0.2, 0) is 0 Å². The number of aryl methyl sites for hydroxylation is 1. The van der Waals surface area contributed by atoms with Crippen molar-refractivity contribution in [3.63, 3.8) is 0 Å². The van der Waals surface area contributed by atoms with E-state index in [1.165, 1.54) is 5.56 Å². The standard InChI is InChI=1S/C14H17N3OS/c1-4-10(3)15-14(18)13-12(16-17-19-13)11-7-5-9(2)6-8-11/h5-8,10H,4H2,1-3H3,(H,15,18)/t10-/m1/s1.